The molecule has 0 aliphatic carbocycles. The largest absolute Gasteiger partial charge is 0.476 e. The van der Waals surface area contributed by atoms with E-state index in [1.807, 2.05) is 0 Å². The zero-order chi connectivity index (χ0) is 13.1. The van der Waals surface area contributed by atoms with Crippen LogP contribution in [0.1, 0.15) is 38.2 Å². The predicted octanol–water partition coefficient (Wildman–Crippen LogP) is 2.27. The molecular weight excluding hydrogens is 218 g/mol. The van der Waals surface area contributed by atoms with Crippen LogP contribution in [0.3, 0.4) is 0 Å². The molecule has 94 valence electrons. The van der Waals surface area contributed by atoms with Crippen LogP contribution in [0, 0.1) is 11.3 Å². The van der Waals surface area contributed by atoms with E-state index in [2.05, 4.69) is 43.0 Å². The Labute approximate surface area is 101 Å². The number of carbonyl (C=O) groups is 1. The molecule has 0 aromatic carbocycles. The monoisotopic (exact) mass is 237 g/mol. The van der Waals surface area contributed by atoms with Crippen LogP contribution in [0.15, 0.2) is 12.4 Å². The van der Waals surface area contributed by atoms with Crippen molar-refractivity contribution in [1.82, 2.24) is 9.97 Å². The number of hydrogen-bond acceptors (Lipinski definition) is 4. The molecule has 0 bridgehead atoms. The van der Waals surface area contributed by atoms with E-state index in [-0.39, 0.29) is 11.1 Å². The molecule has 1 rings (SSSR count). The van der Waals surface area contributed by atoms with Gasteiger partial charge in [-0.3, -0.25) is 0 Å². The van der Waals surface area contributed by atoms with Gasteiger partial charge in [0, 0.05) is 6.54 Å². The van der Waals surface area contributed by atoms with Crippen molar-refractivity contribution in [1.29, 1.82) is 0 Å². The maximum atomic E-state index is 10.6. The highest BCUT2D eigenvalue weighted by Gasteiger charge is 2.22. The van der Waals surface area contributed by atoms with Crippen LogP contribution in [0.2, 0.25) is 0 Å². The van der Waals surface area contributed by atoms with E-state index in [0.29, 0.717) is 11.7 Å². The SMILES string of the molecule is CC(C)C(C)(C)CNc1cnc(C(=O)O)cn1. The minimum atomic E-state index is -1.06. The lowest BCUT2D eigenvalue weighted by Gasteiger charge is -2.29. The zero-order valence-corrected chi connectivity index (χ0v) is 10.7. The summed E-state index contributed by atoms with van der Waals surface area (Å²) in [4.78, 5) is 18.4. The first-order valence-corrected chi connectivity index (χ1v) is 5.62. The molecule has 1 aromatic heterocycles. The van der Waals surface area contributed by atoms with Gasteiger partial charge in [0.15, 0.2) is 5.69 Å². The second-order valence-electron chi connectivity index (χ2n) is 5.09. The topological polar surface area (TPSA) is 75.1 Å². The van der Waals surface area contributed by atoms with Crippen molar-refractivity contribution in [2.24, 2.45) is 11.3 Å². The quantitative estimate of drug-likeness (QED) is 0.821. The molecule has 1 aromatic rings. The maximum absolute atomic E-state index is 10.6. The van der Waals surface area contributed by atoms with E-state index >= 15 is 0 Å². The number of rotatable bonds is 5. The Hall–Kier alpha value is -1.65. The standard InChI is InChI=1S/C12H19N3O2/c1-8(2)12(3,4)7-15-10-6-13-9(5-14-10)11(16)17/h5-6,8H,7H2,1-4H3,(H,14,15)(H,16,17). The van der Waals surface area contributed by atoms with Crippen LogP contribution in [0.5, 0.6) is 0 Å². The molecule has 5 nitrogen and oxygen atoms in total. The zero-order valence-electron chi connectivity index (χ0n) is 10.7. The lowest BCUT2D eigenvalue weighted by Crippen LogP contribution is -2.28. The Morgan fingerprint density at radius 3 is 2.47 bits per heavy atom. The average molecular weight is 237 g/mol. The van der Waals surface area contributed by atoms with Gasteiger partial charge >= 0.3 is 5.97 Å². The van der Waals surface area contributed by atoms with Crippen LogP contribution >= 0.6 is 0 Å². The number of nitrogens with zero attached hydrogens (tertiary/aromatic N) is 2. The molecule has 0 aliphatic rings. The fraction of sp³-hybridized carbons (Fsp3) is 0.583. The molecule has 2 N–H and O–H groups in total. The van der Waals surface area contributed by atoms with Crippen molar-refractivity contribution in [3.8, 4) is 0 Å². The third-order valence-corrected chi connectivity index (χ3v) is 3.16. The van der Waals surface area contributed by atoms with Crippen molar-refractivity contribution in [2.75, 3.05) is 11.9 Å². The second-order valence-corrected chi connectivity index (χ2v) is 5.09. The van der Waals surface area contributed by atoms with Gasteiger partial charge in [-0.05, 0) is 11.3 Å². The number of carboxylic acids is 1. The van der Waals surface area contributed by atoms with Gasteiger partial charge in [-0.1, -0.05) is 27.7 Å². The van der Waals surface area contributed by atoms with E-state index in [0.717, 1.165) is 6.54 Å². The molecule has 0 atom stereocenters. The Balaban J connectivity index is 2.62. The van der Waals surface area contributed by atoms with Gasteiger partial charge in [-0.25, -0.2) is 14.8 Å². The Morgan fingerprint density at radius 2 is 2.06 bits per heavy atom. The normalized spacial score (nSPS) is 11.6. The molecule has 0 saturated carbocycles. The van der Waals surface area contributed by atoms with E-state index in [9.17, 15) is 4.79 Å². The smallest absolute Gasteiger partial charge is 0.356 e. The third kappa shape index (κ3) is 3.69. The molecule has 5 heteroatoms. The van der Waals surface area contributed by atoms with Crippen LogP contribution in [0.25, 0.3) is 0 Å². The van der Waals surface area contributed by atoms with Gasteiger partial charge in [0.1, 0.15) is 5.82 Å². The minimum Gasteiger partial charge on any atom is -0.476 e. The first-order chi connectivity index (χ1) is 7.83. The first kappa shape index (κ1) is 13.4. The van der Waals surface area contributed by atoms with Gasteiger partial charge < -0.3 is 10.4 Å². The van der Waals surface area contributed by atoms with Gasteiger partial charge in [0.05, 0.1) is 12.4 Å². The minimum absolute atomic E-state index is 0.0429. The summed E-state index contributed by atoms with van der Waals surface area (Å²) in [6.07, 6.45) is 2.70. The summed E-state index contributed by atoms with van der Waals surface area (Å²) in [5.41, 5.74) is 0.103. The van der Waals surface area contributed by atoms with Crippen molar-refractivity contribution in [3.05, 3.63) is 18.1 Å². The lowest BCUT2D eigenvalue weighted by molar-refractivity contribution is 0.0690. The van der Waals surface area contributed by atoms with Crippen LogP contribution < -0.4 is 5.32 Å². The molecule has 0 radical (unpaired) electrons. The summed E-state index contributed by atoms with van der Waals surface area (Å²) in [5, 5.41) is 11.9. The summed E-state index contributed by atoms with van der Waals surface area (Å²) in [7, 11) is 0. The number of hydrogen-bond donors (Lipinski definition) is 2. The highest BCUT2D eigenvalue weighted by Crippen LogP contribution is 2.25. The van der Waals surface area contributed by atoms with E-state index in [1.54, 1.807) is 0 Å². The fourth-order valence-electron chi connectivity index (χ4n) is 1.05. The van der Waals surface area contributed by atoms with Gasteiger partial charge in [0.25, 0.3) is 0 Å². The molecule has 0 unspecified atom stereocenters. The van der Waals surface area contributed by atoms with Crippen molar-refractivity contribution >= 4 is 11.8 Å². The summed E-state index contributed by atoms with van der Waals surface area (Å²) in [6, 6.07) is 0. The van der Waals surface area contributed by atoms with Gasteiger partial charge in [-0.15, -0.1) is 0 Å². The number of anilines is 1. The highest BCUT2D eigenvalue weighted by molar-refractivity contribution is 5.84. The molecule has 0 aliphatic heterocycles. The average Bonchev–Trinajstić information content (AvgIpc) is 2.27. The van der Waals surface area contributed by atoms with Gasteiger partial charge in [-0.2, -0.15) is 0 Å². The van der Waals surface area contributed by atoms with E-state index in [4.69, 9.17) is 5.11 Å². The number of aromatic carboxylic acids is 1. The van der Waals surface area contributed by atoms with Crippen molar-refractivity contribution in [3.63, 3.8) is 0 Å². The first-order valence-electron chi connectivity index (χ1n) is 5.62. The number of nitrogens with one attached hydrogen (secondary N) is 1. The molecular formula is C12H19N3O2. The lowest BCUT2D eigenvalue weighted by atomic mass is 9.81. The summed E-state index contributed by atoms with van der Waals surface area (Å²) >= 11 is 0. The molecule has 0 fully saturated rings. The fourth-order valence-corrected chi connectivity index (χ4v) is 1.05. The van der Waals surface area contributed by atoms with Crippen molar-refractivity contribution < 1.29 is 9.90 Å². The number of aromatic nitrogens is 2. The summed E-state index contributed by atoms with van der Waals surface area (Å²) in [5.74, 6) is 0.0801. The van der Waals surface area contributed by atoms with Crippen LogP contribution in [0.4, 0.5) is 5.82 Å². The Bertz CT molecular complexity index is 385. The Morgan fingerprint density at radius 1 is 1.41 bits per heavy atom. The summed E-state index contributed by atoms with van der Waals surface area (Å²) < 4.78 is 0. The highest BCUT2D eigenvalue weighted by atomic mass is 16.4. The summed E-state index contributed by atoms with van der Waals surface area (Å²) in [6.45, 7) is 9.45. The molecule has 1 heterocycles. The predicted molar refractivity (Wildman–Crippen MR) is 66.1 cm³/mol. The van der Waals surface area contributed by atoms with E-state index in [1.165, 1.54) is 12.4 Å². The molecule has 0 amide bonds. The molecule has 0 spiro atoms. The molecule has 17 heavy (non-hydrogen) atoms. The number of carboxylic acid groups (broad SMARTS) is 1. The van der Waals surface area contributed by atoms with E-state index < -0.39 is 5.97 Å². The Kier molecular flexibility index (Phi) is 4.04. The van der Waals surface area contributed by atoms with Crippen molar-refractivity contribution in [2.45, 2.75) is 27.7 Å². The second kappa shape index (κ2) is 5.12. The van der Waals surface area contributed by atoms with Crippen LogP contribution in [-0.4, -0.2) is 27.6 Å². The third-order valence-electron chi connectivity index (χ3n) is 3.16. The molecule has 0 saturated heterocycles. The van der Waals surface area contributed by atoms with Gasteiger partial charge in [0.2, 0.25) is 0 Å². The maximum Gasteiger partial charge on any atom is 0.356 e. The van der Waals surface area contributed by atoms with Crippen LogP contribution in [-0.2, 0) is 0 Å².